The summed E-state index contributed by atoms with van der Waals surface area (Å²) in [6, 6.07) is 8.87. The van der Waals surface area contributed by atoms with Crippen molar-refractivity contribution in [1.29, 1.82) is 0 Å². The molecular weight excluding hydrogens is 325 g/mol. The van der Waals surface area contributed by atoms with Crippen molar-refractivity contribution < 1.29 is 22.8 Å². The van der Waals surface area contributed by atoms with Gasteiger partial charge in [0.2, 0.25) is 0 Å². The Morgan fingerprint density at radius 2 is 1.58 bits per heavy atom. The molecule has 3 amide bonds. The summed E-state index contributed by atoms with van der Waals surface area (Å²) in [6.45, 7) is 0. The lowest BCUT2D eigenvalue weighted by Crippen LogP contribution is -2.38. The smallest absolute Gasteiger partial charge is 0.351 e. The Hall–Kier alpha value is -3.07. The minimum absolute atomic E-state index is 0.0405. The fraction of sp³-hybridized carbons (Fsp3) is 0.0667. The molecule has 24 heavy (non-hydrogen) atoms. The van der Waals surface area contributed by atoms with Crippen LogP contribution >= 0.6 is 0 Å². The number of halogens is 3. The van der Waals surface area contributed by atoms with Gasteiger partial charge in [-0.15, -0.1) is 0 Å². The third kappa shape index (κ3) is 3.82. The number of hydrazine groups is 1. The van der Waals surface area contributed by atoms with Gasteiger partial charge in [-0.25, -0.2) is 15.6 Å². The highest BCUT2D eigenvalue weighted by Crippen LogP contribution is 2.30. The minimum atomic E-state index is -4.49. The maximum atomic E-state index is 12.6. The van der Waals surface area contributed by atoms with Crippen molar-refractivity contribution in [2.24, 2.45) is 11.6 Å². The standard InChI is InChI=1S/C15H13F3N4O2/c16-15(17,18)9-5-7-10(8-6-9)22(20)13(23)11-3-1-2-4-12(11)21-14(19)24/h1-8H,20H2,(H3,19,21,24). The molecular formula is C15H13F3N4O2. The van der Waals surface area contributed by atoms with Crippen LogP contribution in [0.15, 0.2) is 48.5 Å². The van der Waals surface area contributed by atoms with Gasteiger partial charge in [-0.05, 0) is 36.4 Å². The van der Waals surface area contributed by atoms with Crippen LogP contribution in [-0.4, -0.2) is 11.9 Å². The number of nitrogens with zero attached hydrogens (tertiary/aromatic N) is 1. The van der Waals surface area contributed by atoms with Crippen molar-refractivity contribution in [2.45, 2.75) is 6.18 Å². The van der Waals surface area contributed by atoms with E-state index in [1.807, 2.05) is 0 Å². The molecule has 0 fully saturated rings. The van der Waals surface area contributed by atoms with E-state index in [4.69, 9.17) is 11.6 Å². The number of nitrogens with one attached hydrogen (secondary N) is 1. The average Bonchev–Trinajstić information content (AvgIpc) is 2.53. The van der Waals surface area contributed by atoms with Crippen LogP contribution in [0.25, 0.3) is 0 Å². The van der Waals surface area contributed by atoms with Crippen molar-refractivity contribution in [3.63, 3.8) is 0 Å². The second-order valence-corrected chi connectivity index (χ2v) is 4.75. The molecule has 0 aliphatic rings. The Kier molecular flexibility index (Phi) is 4.74. The molecule has 5 N–H and O–H groups in total. The summed E-state index contributed by atoms with van der Waals surface area (Å²) in [7, 11) is 0. The van der Waals surface area contributed by atoms with Gasteiger partial charge in [0.1, 0.15) is 0 Å². The van der Waals surface area contributed by atoms with E-state index in [0.29, 0.717) is 5.01 Å². The van der Waals surface area contributed by atoms with Crippen molar-refractivity contribution in [2.75, 3.05) is 10.3 Å². The van der Waals surface area contributed by atoms with Gasteiger partial charge in [0.05, 0.1) is 22.5 Å². The molecule has 2 aromatic rings. The summed E-state index contributed by atoms with van der Waals surface area (Å²) in [5.41, 5.74) is 4.40. The first-order valence-corrected chi connectivity index (χ1v) is 6.62. The SMILES string of the molecule is NC(=O)Nc1ccccc1C(=O)N(N)c1ccc(C(F)(F)F)cc1. The fourth-order valence-corrected chi connectivity index (χ4v) is 1.97. The molecule has 0 radical (unpaired) electrons. The number of carbonyl (C=O) groups is 2. The van der Waals surface area contributed by atoms with Crippen LogP contribution in [0.5, 0.6) is 0 Å². The van der Waals surface area contributed by atoms with Gasteiger partial charge in [0, 0.05) is 0 Å². The number of benzene rings is 2. The predicted molar refractivity (Wildman–Crippen MR) is 82.1 cm³/mol. The predicted octanol–water partition coefficient (Wildman–Crippen LogP) is 2.72. The molecule has 0 spiro atoms. The van der Waals surface area contributed by atoms with Crippen molar-refractivity contribution in [3.8, 4) is 0 Å². The second kappa shape index (κ2) is 6.59. The van der Waals surface area contributed by atoms with E-state index in [9.17, 15) is 22.8 Å². The van der Waals surface area contributed by atoms with Crippen LogP contribution in [0, 0.1) is 0 Å². The zero-order valence-electron chi connectivity index (χ0n) is 12.2. The number of carbonyl (C=O) groups excluding carboxylic acids is 2. The molecule has 0 saturated carbocycles. The largest absolute Gasteiger partial charge is 0.416 e. The number of rotatable bonds is 3. The molecule has 6 nitrogen and oxygen atoms in total. The number of amides is 3. The summed E-state index contributed by atoms with van der Waals surface area (Å²) >= 11 is 0. The lowest BCUT2D eigenvalue weighted by Gasteiger charge is -2.19. The highest BCUT2D eigenvalue weighted by atomic mass is 19.4. The molecule has 126 valence electrons. The van der Waals surface area contributed by atoms with E-state index in [0.717, 1.165) is 24.3 Å². The Morgan fingerprint density at radius 3 is 2.12 bits per heavy atom. The zero-order valence-corrected chi connectivity index (χ0v) is 12.2. The number of para-hydroxylation sites is 1. The number of hydrogen-bond donors (Lipinski definition) is 3. The first kappa shape index (κ1) is 17.3. The molecule has 0 atom stereocenters. The number of alkyl halides is 3. The first-order chi connectivity index (χ1) is 11.2. The summed E-state index contributed by atoms with van der Waals surface area (Å²) in [5.74, 6) is 4.96. The second-order valence-electron chi connectivity index (χ2n) is 4.75. The normalized spacial score (nSPS) is 11.0. The van der Waals surface area contributed by atoms with E-state index in [2.05, 4.69) is 5.32 Å². The first-order valence-electron chi connectivity index (χ1n) is 6.62. The lowest BCUT2D eigenvalue weighted by molar-refractivity contribution is -0.137. The number of urea groups is 1. The maximum absolute atomic E-state index is 12.6. The Morgan fingerprint density at radius 1 is 1.00 bits per heavy atom. The van der Waals surface area contributed by atoms with Gasteiger partial charge in [0.25, 0.3) is 5.91 Å². The van der Waals surface area contributed by atoms with Crippen LogP contribution in [0.4, 0.5) is 29.3 Å². The molecule has 0 heterocycles. The molecule has 0 bridgehead atoms. The summed E-state index contributed by atoms with van der Waals surface area (Å²) < 4.78 is 37.7. The quantitative estimate of drug-likeness (QED) is 0.455. The summed E-state index contributed by atoms with van der Waals surface area (Å²) in [5, 5.41) is 2.96. The number of nitrogens with two attached hydrogens (primary N) is 2. The minimum Gasteiger partial charge on any atom is -0.351 e. The van der Waals surface area contributed by atoms with Crippen molar-refractivity contribution >= 4 is 23.3 Å². The highest BCUT2D eigenvalue weighted by Gasteiger charge is 2.30. The Labute approximate surface area is 134 Å². The Bertz CT molecular complexity index is 760. The third-order valence-corrected chi connectivity index (χ3v) is 3.11. The Balaban J connectivity index is 2.28. The van der Waals surface area contributed by atoms with E-state index in [-0.39, 0.29) is 16.9 Å². The number of primary amides is 1. The average molecular weight is 338 g/mol. The number of hydrogen-bond acceptors (Lipinski definition) is 3. The van der Waals surface area contributed by atoms with Gasteiger partial charge in [0.15, 0.2) is 0 Å². The molecule has 0 saturated heterocycles. The van der Waals surface area contributed by atoms with Gasteiger partial charge >= 0.3 is 12.2 Å². The monoisotopic (exact) mass is 338 g/mol. The van der Waals surface area contributed by atoms with E-state index >= 15 is 0 Å². The van der Waals surface area contributed by atoms with Gasteiger partial charge in [-0.2, -0.15) is 13.2 Å². The molecule has 0 aliphatic carbocycles. The highest BCUT2D eigenvalue weighted by molar-refractivity contribution is 6.10. The fourth-order valence-electron chi connectivity index (χ4n) is 1.97. The maximum Gasteiger partial charge on any atom is 0.416 e. The molecule has 0 aliphatic heterocycles. The van der Waals surface area contributed by atoms with Crippen LogP contribution in [0.2, 0.25) is 0 Å². The van der Waals surface area contributed by atoms with Gasteiger partial charge in [-0.3, -0.25) is 4.79 Å². The molecule has 0 unspecified atom stereocenters. The van der Waals surface area contributed by atoms with Crippen LogP contribution in [-0.2, 0) is 6.18 Å². The molecule has 2 aromatic carbocycles. The van der Waals surface area contributed by atoms with Crippen molar-refractivity contribution in [3.05, 3.63) is 59.7 Å². The third-order valence-electron chi connectivity index (χ3n) is 3.11. The van der Waals surface area contributed by atoms with Gasteiger partial charge in [-0.1, -0.05) is 12.1 Å². The zero-order chi connectivity index (χ0) is 17.9. The topological polar surface area (TPSA) is 101 Å². The van der Waals surface area contributed by atoms with Gasteiger partial charge < -0.3 is 11.1 Å². The molecule has 0 aromatic heterocycles. The van der Waals surface area contributed by atoms with E-state index < -0.39 is 23.7 Å². The van der Waals surface area contributed by atoms with E-state index in [1.165, 1.54) is 12.1 Å². The molecule has 9 heteroatoms. The van der Waals surface area contributed by atoms with Crippen LogP contribution < -0.4 is 21.9 Å². The van der Waals surface area contributed by atoms with Crippen molar-refractivity contribution in [1.82, 2.24) is 0 Å². The molecule has 2 rings (SSSR count). The van der Waals surface area contributed by atoms with Crippen LogP contribution in [0.3, 0.4) is 0 Å². The van der Waals surface area contributed by atoms with Crippen LogP contribution in [0.1, 0.15) is 15.9 Å². The van der Waals surface area contributed by atoms with E-state index in [1.54, 1.807) is 12.1 Å². The summed E-state index contributed by atoms with van der Waals surface area (Å²) in [4.78, 5) is 23.4. The number of anilines is 2. The lowest BCUT2D eigenvalue weighted by atomic mass is 10.1. The summed E-state index contributed by atoms with van der Waals surface area (Å²) in [6.07, 6.45) is -4.49.